The van der Waals surface area contributed by atoms with Crippen LogP contribution in [0.4, 0.5) is 25.2 Å². The Bertz CT molecular complexity index is 328. The van der Waals surface area contributed by atoms with Crippen LogP contribution in [0.2, 0.25) is 0 Å². The van der Waals surface area contributed by atoms with E-state index in [0.717, 1.165) is 6.54 Å². The summed E-state index contributed by atoms with van der Waals surface area (Å²) in [5, 5.41) is 0. The van der Waals surface area contributed by atoms with Crippen LogP contribution in [0.25, 0.3) is 0 Å². The third-order valence-electron chi connectivity index (χ3n) is 1.31. The molecule has 0 N–H and O–H groups in total. The van der Waals surface area contributed by atoms with Crippen molar-refractivity contribution in [2.75, 3.05) is 0 Å². The number of aromatic nitrogens is 2. The third-order valence-corrected chi connectivity index (χ3v) is 1.31. The van der Waals surface area contributed by atoms with Gasteiger partial charge in [0.1, 0.15) is 12.4 Å². The molecule has 9 heteroatoms. The molecular weight excluding hydrogens is 257 g/mol. The van der Waals surface area contributed by atoms with E-state index in [0.29, 0.717) is 0 Å². The van der Waals surface area contributed by atoms with Gasteiger partial charge in [-0.25, -0.2) is 9.13 Å². The van der Waals surface area contributed by atoms with Crippen LogP contribution < -0.4 is 4.57 Å². The molecule has 98 valence electrons. The Morgan fingerprint density at radius 2 is 1.56 bits per heavy atom. The van der Waals surface area contributed by atoms with Crippen molar-refractivity contribution in [3.63, 3.8) is 0 Å². The molecule has 0 aliphatic carbocycles. The van der Waals surface area contributed by atoms with Gasteiger partial charge in [0, 0.05) is 0 Å². The van der Waals surface area contributed by atoms with E-state index in [1.165, 1.54) is 6.42 Å². The van der Waals surface area contributed by atoms with Gasteiger partial charge in [-0.1, -0.05) is 6.92 Å². The van der Waals surface area contributed by atoms with Crippen molar-refractivity contribution in [3.05, 3.63) is 18.7 Å². The van der Waals surface area contributed by atoms with Gasteiger partial charge in [-0.2, -0.15) is 0 Å². The summed E-state index contributed by atoms with van der Waals surface area (Å²) in [6, 6.07) is 0. The van der Waals surface area contributed by atoms with Crippen molar-refractivity contribution < 1.29 is 29.7 Å². The molecule has 0 bridgehead atoms. The number of aryl methyl sites for hydroxylation is 2. The van der Waals surface area contributed by atoms with Crippen LogP contribution in [0.1, 0.15) is 13.3 Å². The number of rotatable bonds is 2. The Kier molecular flexibility index (Phi) is 3.72. The molecule has 0 saturated carbocycles. The van der Waals surface area contributed by atoms with Gasteiger partial charge in [0.2, 0.25) is 6.33 Å². The number of imidazole rings is 1. The summed E-state index contributed by atoms with van der Waals surface area (Å²) in [7, 11) is -8.62. The zero-order valence-electron chi connectivity index (χ0n) is 8.76. The standard InChI is InChI=1S/C7H13N2.F6P/c1-3-4-9-6-5-8(2)7-9;1-7(2,3,4,5)6/h5-7H,3-4H2,1-2H3;/q+1;-1. The van der Waals surface area contributed by atoms with Crippen molar-refractivity contribution in [2.24, 2.45) is 7.05 Å². The van der Waals surface area contributed by atoms with Gasteiger partial charge in [-0.05, 0) is 6.42 Å². The average Bonchev–Trinajstić information content (AvgIpc) is 2.29. The molecule has 0 unspecified atom stereocenters. The molecule has 1 rings (SSSR count). The first-order valence-electron chi connectivity index (χ1n) is 4.35. The fourth-order valence-corrected chi connectivity index (χ4v) is 0.892. The van der Waals surface area contributed by atoms with Crippen molar-refractivity contribution in [3.8, 4) is 0 Å². The predicted octanol–water partition coefficient (Wildman–Crippen LogP) is 4.11. The van der Waals surface area contributed by atoms with Gasteiger partial charge < -0.3 is 0 Å². The summed E-state index contributed by atoms with van der Waals surface area (Å²) < 4.78 is 63.4. The summed E-state index contributed by atoms with van der Waals surface area (Å²) in [4.78, 5) is 0. The van der Waals surface area contributed by atoms with E-state index in [4.69, 9.17) is 0 Å². The summed E-state index contributed by atoms with van der Waals surface area (Å²) in [6.07, 6.45) is 7.43. The number of nitrogens with zero attached hydrogens (tertiary/aromatic N) is 2. The molecule has 2 nitrogen and oxygen atoms in total. The maximum absolute atomic E-state index is 10.7. The van der Waals surface area contributed by atoms with E-state index >= 15 is 0 Å². The molecular formula is C7H13F6N2P. The Morgan fingerprint density at radius 1 is 1.12 bits per heavy atom. The van der Waals surface area contributed by atoms with Gasteiger partial charge in [0.15, 0.2) is 0 Å². The second kappa shape index (κ2) is 3.91. The van der Waals surface area contributed by atoms with Crippen LogP contribution in [0.3, 0.4) is 0 Å². The second-order valence-electron chi connectivity index (χ2n) is 3.28. The first kappa shape index (κ1) is 15.2. The Labute approximate surface area is 88.7 Å². The van der Waals surface area contributed by atoms with Crippen LogP contribution in [0.15, 0.2) is 18.7 Å². The molecule has 0 atom stereocenters. The van der Waals surface area contributed by atoms with Crippen molar-refractivity contribution in [1.82, 2.24) is 4.57 Å². The molecule has 0 fully saturated rings. The van der Waals surface area contributed by atoms with E-state index in [1.807, 2.05) is 7.05 Å². The van der Waals surface area contributed by atoms with E-state index in [2.05, 4.69) is 34.8 Å². The zero-order valence-corrected chi connectivity index (χ0v) is 9.65. The normalized spacial score (nSPS) is 15.8. The fraction of sp³-hybridized carbons (Fsp3) is 0.571. The summed E-state index contributed by atoms with van der Waals surface area (Å²) in [6.45, 7) is 3.31. The minimum atomic E-state index is -10.7. The molecule has 0 amide bonds. The molecule has 1 heterocycles. The van der Waals surface area contributed by atoms with Gasteiger partial charge in [-0.15, -0.1) is 0 Å². The van der Waals surface area contributed by atoms with E-state index in [1.54, 1.807) is 0 Å². The summed E-state index contributed by atoms with van der Waals surface area (Å²) in [5.41, 5.74) is 0. The first-order chi connectivity index (χ1) is 6.78. The predicted molar refractivity (Wildman–Crippen MR) is 49.5 cm³/mol. The van der Waals surface area contributed by atoms with Gasteiger partial charge in [0.25, 0.3) is 0 Å². The first-order valence-corrected chi connectivity index (χ1v) is 6.38. The third kappa shape index (κ3) is 15.7. The van der Waals surface area contributed by atoms with E-state index in [9.17, 15) is 25.2 Å². The molecule has 0 aliphatic heterocycles. The van der Waals surface area contributed by atoms with Gasteiger partial charge in [-0.3, -0.25) is 0 Å². The SMILES string of the molecule is CCC[n+]1ccn(C)c1.F[P-](F)(F)(F)(F)F. The van der Waals surface area contributed by atoms with E-state index in [-0.39, 0.29) is 0 Å². The fourth-order valence-electron chi connectivity index (χ4n) is 0.892. The van der Waals surface area contributed by atoms with Crippen LogP contribution >= 0.6 is 7.81 Å². The Balaban J connectivity index is 0.000000293. The topological polar surface area (TPSA) is 8.81 Å². The monoisotopic (exact) mass is 270 g/mol. The van der Waals surface area contributed by atoms with Gasteiger partial charge >= 0.3 is 33.0 Å². The Hall–Kier alpha value is -0.780. The molecule has 1 aromatic rings. The molecule has 1 aromatic heterocycles. The molecule has 0 aliphatic rings. The quantitative estimate of drug-likeness (QED) is 0.434. The molecule has 16 heavy (non-hydrogen) atoms. The number of hydrogen-bond acceptors (Lipinski definition) is 0. The van der Waals surface area contributed by atoms with Crippen molar-refractivity contribution in [2.45, 2.75) is 19.9 Å². The van der Waals surface area contributed by atoms with Crippen molar-refractivity contribution >= 4 is 7.81 Å². The molecule has 0 spiro atoms. The molecule has 0 aromatic carbocycles. The van der Waals surface area contributed by atoms with Gasteiger partial charge in [0.05, 0.1) is 13.6 Å². The van der Waals surface area contributed by atoms with Crippen LogP contribution in [-0.2, 0) is 13.6 Å². The minimum absolute atomic E-state index is 1.13. The zero-order chi connectivity index (χ0) is 13.1. The summed E-state index contributed by atoms with van der Waals surface area (Å²) in [5.74, 6) is 0. The molecule has 0 radical (unpaired) electrons. The summed E-state index contributed by atoms with van der Waals surface area (Å²) >= 11 is 0. The average molecular weight is 270 g/mol. The van der Waals surface area contributed by atoms with Crippen molar-refractivity contribution in [1.29, 1.82) is 0 Å². The van der Waals surface area contributed by atoms with Crippen LogP contribution in [0, 0.1) is 0 Å². The molecule has 0 saturated heterocycles. The Morgan fingerprint density at radius 3 is 1.81 bits per heavy atom. The maximum atomic E-state index is 9.87. The van der Waals surface area contributed by atoms with Crippen LogP contribution in [-0.4, -0.2) is 4.57 Å². The second-order valence-corrected chi connectivity index (χ2v) is 5.19. The van der Waals surface area contributed by atoms with Crippen LogP contribution in [0.5, 0.6) is 0 Å². The van der Waals surface area contributed by atoms with E-state index < -0.39 is 7.81 Å². The number of halogens is 6. The number of hydrogen-bond donors (Lipinski definition) is 0.